The van der Waals surface area contributed by atoms with E-state index in [4.69, 9.17) is 11.6 Å². The lowest BCUT2D eigenvalue weighted by Crippen LogP contribution is -2.47. The smallest absolute Gasteiger partial charge is 0.325 e. The number of benzene rings is 1. The second-order valence-corrected chi connectivity index (χ2v) is 4.91. The molecule has 0 saturated carbocycles. The normalized spacial score (nSPS) is 11.2. The van der Waals surface area contributed by atoms with E-state index in [2.05, 4.69) is 10.1 Å². The summed E-state index contributed by atoms with van der Waals surface area (Å²) in [4.78, 5) is 21.7. The third kappa shape index (κ3) is 3.90. The summed E-state index contributed by atoms with van der Waals surface area (Å²) in [5, 5.41) is 14.0. The minimum absolute atomic E-state index is 0.0444. The molecule has 0 heterocycles. The lowest BCUT2D eigenvalue weighted by Gasteiger charge is -2.23. The van der Waals surface area contributed by atoms with Gasteiger partial charge < -0.3 is 4.74 Å². The monoisotopic (exact) mass is 286 g/mol. The molecule has 0 atom stereocenters. The number of hydrogen-bond donors (Lipinski definition) is 1. The third-order valence-electron chi connectivity index (χ3n) is 2.66. The van der Waals surface area contributed by atoms with Crippen LogP contribution in [0, 0.1) is 10.1 Å². The number of nitro groups is 1. The molecule has 1 aromatic rings. The summed E-state index contributed by atoms with van der Waals surface area (Å²) in [6.07, 6.45) is 0. The van der Waals surface area contributed by atoms with Gasteiger partial charge in [-0.05, 0) is 25.5 Å². The Bertz CT molecular complexity index is 503. The van der Waals surface area contributed by atoms with E-state index in [1.807, 2.05) is 0 Å². The Hall–Kier alpha value is -1.66. The molecule has 1 N–H and O–H groups in total. The molecule has 0 aliphatic rings. The summed E-state index contributed by atoms with van der Waals surface area (Å²) in [5.41, 5.74) is -0.396. The first-order valence-corrected chi connectivity index (χ1v) is 5.92. The zero-order chi connectivity index (χ0) is 14.6. The first-order valence-electron chi connectivity index (χ1n) is 5.54. The summed E-state index contributed by atoms with van der Waals surface area (Å²) < 4.78 is 4.65. The minimum Gasteiger partial charge on any atom is -0.468 e. The number of halogens is 1. The highest BCUT2D eigenvalue weighted by Crippen LogP contribution is 2.22. The molecule has 6 nitrogen and oxygen atoms in total. The molecule has 0 fully saturated rings. The molecule has 1 aromatic carbocycles. The number of ether oxygens (including phenoxy) is 1. The van der Waals surface area contributed by atoms with Crippen LogP contribution >= 0.6 is 11.6 Å². The molecule has 0 aromatic heterocycles. The van der Waals surface area contributed by atoms with Gasteiger partial charge in [0, 0.05) is 23.7 Å². The van der Waals surface area contributed by atoms with Gasteiger partial charge in [-0.15, -0.1) is 0 Å². The molecule has 19 heavy (non-hydrogen) atoms. The molecule has 0 spiro atoms. The average molecular weight is 287 g/mol. The summed E-state index contributed by atoms with van der Waals surface area (Å²) in [7, 11) is 1.30. The molecule has 0 unspecified atom stereocenters. The third-order valence-corrected chi connectivity index (χ3v) is 3.03. The highest BCUT2D eigenvalue weighted by atomic mass is 35.5. The lowest BCUT2D eigenvalue weighted by atomic mass is 10.1. The van der Waals surface area contributed by atoms with Crippen LogP contribution in [0.3, 0.4) is 0 Å². The van der Waals surface area contributed by atoms with Crippen molar-refractivity contribution in [1.29, 1.82) is 0 Å². The van der Waals surface area contributed by atoms with Crippen LogP contribution in [0.15, 0.2) is 18.2 Å². The van der Waals surface area contributed by atoms with E-state index in [-0.39, 0.29) is 12.2 Å². The Balaban J connectivity index is 2.85. The zero-order valence-corrected chi connectivity index (χ0v) is 11.7. The summed E-state index contributed by atoms with van der Waals surface area (Å²) in [6, 6.07) is 4.17. The molecule has 0 amide bonds. The van der Waals surface area contributed by atoms with E-state index in [9.17, 15) is 14.9 Å². The number of nitrogens with one attached hydrogen (secondary N) is 1. The summed E-state index contributed by atoms with van der Waals surface area (Å²) in [6.45, 7) is 3.54. The quantitative estimate of drug-likeness (QED) is 0.510. The fourth-order valence-electron chi connectivity index (χ4n) is 1.45. The predicted molar refractivity (Wildman–Crippen MR) is 71.0 cm³/mol. The van der Waals surface area contributed by atoms with Crippen LogP contribution in [0.2, 0.25) is 5.02 Å². The maximum absolute atomic E-state index is 11.5. The number of carbonyl (C=O) groups is 1. The van der Waals surface area contributed by atoms with Crippen molar-refractivity contribution in [2.45, 2.75) is 25.9 Å². The molecule has 7 heteroatoms. The first kappa shape index (κ1) is 15.4. The maximum Gasteiger partial charge on any atom is 0.325 e. The molecular formula is C12H15ClN2O4. The second kappa shape index (κ2) is 5.99. The largest absolute Gasteiger partial charge is 0.468 e. The van der Waals surface area contributed by atoms with Crippen LogP contribution in [0.4, 0.5) is 5.69 Å². The molecule has 0 aliphatic heterocycles. The van der Waals surface area contributed by atoms with Gasteiger partial charge in [-0.1, -0.05) is 11.6 Å². The number of nitrogens with zero attached hydrogens (tertiary/aromatic N) is 1. The van der Waals surface area contributed by atoms with Gasteiger partial charge in [0.2, 0.25) is 0 Å². The van der Waals surface area contributed by atoms with Gasteiger partial charge in [0.15, 0.2) is 0 Å². The Morgan fingerprint density at radius 2 is 2.16 bits per heavy atom. The zero-order valence-electron chi connectivity index (χ0n) is 10.9. The van der Waals surface area contributed by atoms with Crippen molar-refractivity contribution in [3.63, 3.8) is 0 Å². The van der Waals surface area contributed by atoms with E-state index in [1.165, 1.54) is 25.3 Å². The van der Waals surface area contributed by atoms with Crippen molar-refractivity contribution in [2.24, 2.45) is 0 Å². The number of carbonyl (C=O) groups excluding carboxylic acids is 1. The SMILES string of the molecule is COC(=O)C(C)(C)NCc1cc([N+](=O)[O-])ccc1Cl. The van der Waals surface area contributed by atoms with Crippen molar-refractivity contribution in [3.8, 4) is 0 Å². The van der Waals surface area contributed by atoms with Crippen LogP contribution in [0.1, 0.15) is 19.4 Å². The summed E-state index contributed by atoms with van der Waals surface area (Å²) >= 11 is 5.96. The summed E-state index contributed by atoms with van der Waals surface area (Å²) in [5.74, 6) is -0.422. The Morgan fingerprint density at radius 1 is 1.53 bits per heavy atom. The average Bonchev–Trinajstić information content (AvgIpc) is 2.36. The van der Waals surface area contributed by atoms with Crippen molar-refractivity contribution >= 4 is 23.3 Å². The van der Waals surface area contributed by atoms with Gasteiger partial charge >= 0.3 is 5.97 Å². The van der Waals surface area contributed by atoms with Crippen LogP contribution in [-0.4, -0.2) is 23.5 Å². The first-order chi connectivity index (χ1) is 8.77. The molecule has 0 radical (unpaired) electrons. The molecule has 0 bridgehead atoms. The van der Waals surface area contributed by atoms with Gasteiger partial charge in [0.05, 0.1) is 12.0 Å². The van der Waals surface area contributed by atoms with Crippen molar-refractivity contribution in [3.05, 3.63) is 38.9 Å². The highest BCUT2D eigenvalue weighted by molar-refractivity contribution is 6.31. The Labute approximate surface area is 115 Å². The van der Waals surface area contributed by atoms with E-state index in [0.717, 1.165) is 0 Å². The van der Waals surface area contributed by atoms with Gasteiger partial charge in [-0.3, -0.25) is 20.2 Å². The highest BCUT2D eigenvalue weighted by Gasteiger charge is 2.28. The van der Waals surface area contributed by atoms with Gasteiger partial charge in [-0.2, -0.15) is 0 Å². The number of methoxy groups -OCH3 is 1. The topological polar surface area (TPSA) is 81.5 Å². The lowest BCUT2D eigenvalue weighted by molar-refractivity contribution is -0.384. The van der Waals surface area contributed by atoms with Gasteiger partial charge in [0.25, 0.3) is 5.69 Å². The fourth-order valence-corrected chi connectivity index (χ4v) is 1.64. The van der Waals surface area contributed by atoms with E-state index >= 15 is 0 Å². The van der Waals surface area contributed by atoms with Crippen LogP contribution < -0.4 is 5.32 Å². The van der Waals surface area contributed by atoms with E-state index < -0.39 is 16.4 Å². The number of esters is 1. The van der Waals surface area contributed by atoms with Crippen LogP contribution in [-0.2, 0) is 16.1 Å². The molecule has 1 rings (SSSR count). The predicted octanol–water partition coefficient (Wildman–Crippen LogP) is 2.29. The van der Waals surface area contributed by atoms with Crippen LogP contribution in [0.5, 0.6) is 0 Å². The van der Waals surface area contributed by atoms with E-state index in [1.54, 1.807) is 13.8 Å². The Kier molecular flexibility index (Phi) is 4.85. The molecule has 0 saturated heterocycles. The number of nitro benzene ring substituents is 1. The molecule has 0 aliphatic carbocycles. The van der Waals surface area contributed by atoms with E-state index in [0.29, 0.717) is 10.6 Å². The molecular weight excluding hydrogens is 272 g/mol. The fraction of sp³-hybridized carbons (Fsp3) is 0.417. The minimum atomic E-state index is -0.900. The Morgan fingerprint density at radius 3 is 2.68 bits per heavy atom. The van der Waals surface area contributed by atoms with Crippen molar-refractivity contribution < 1.29 is 14.5 Å². The number of non-ortho nitro benzene ring substituents is 1. The number of rotatable bonds is 5. The van der Waals surface area contributed by atoms with Crippen LogP contribution in [0.25, 0.3) is 0 Å². The van der Waals surface area contributed by atoms with Crippen molar-refractivity contribution in [1.82, 2.24) is 5.32 Å². The molecule has 104 valence electrons. The second-order valence-electron chi connectivity index (χ2n) is 4.50. The van der Waals surface area contributed by atoms with Gasteiger partial charge in [-0.25, -0.2) is 0 Å². The van der Waals surface area contributed by atoms with Crippen molar-refractivity contribution in [2.75, 3.05) is 7.11 Å². The number of hydrogen-bond acceptors (Lipinski definition) is 5. The van der Waals surface area contributed by atoms with Gasteiger partial charge in [0.1, 0.15) is 5.54 Å². The maximum atomic E-state index is 11.5. The standard InChI is InChI=1S/C12H15ClN2O4/c1-12(2,11(16)19-3)14-7-8-6-9(15(17)18)4-5-10(8)13/h4-6,14H,7H2,1-3H3.